The summed E-state index contributed by atoms with van der Waals surface area (Å²) in [6, 6.07) is 14.0. The van der Waals surface area contributed by atoms with Gasteiger partial charge in [0, 0.05) is 36.4 Å². The van der Waals surface area contributed by atoms with Crippen molar-refractivity contribution < 1.29 is 9.18 Å². The van der Waals surface area contributed by atoms with E-state index in [1.165, 1.54) is 16.8 Å². The number of likely N-dealkylation sites (N-methyl/N-ethyl adjacent to an activating group) is 1. The third-order valence-electron chi connectivity index (χ3n) is 5.59. The van der Waals surface area contributed by atoms with Gasteiger partial charge in [-0.3, -0.25) is 9.59 Å². The van der Waals surface area contributed by atoms with Crippen molar-refractivity contribution in [2.45, 2.75) is 32.9 Å². The minimum Gasteiger partial charge on any atom is -0.344 e. The minimum absolute atomic E-state index is 0.104. The number of nitrogens with zero attached hydrogens (tertiary/aromatic N) is 4. The summed E-state index contributed by atoms with van der Waals surface area (Å²) in [6.45, 7) is 3.02. The largest absolute Gasteiger partial charge is 0.344 e. The molecule has 4 aromatic rings. The van der Waals surface area contributed by atoms with Crippen LogP contribution >= 0.6 is 0 Å². The van der Waals surface area contributed by atoms with Gasteiger partial charge in [0.25, 0.3) is 5.56 Å². The molecule has 2 aromatic heterocycles. The Morgan fingerprint density at radius 1 is 1.10 bits per heavy atom. The Morgan fingerprint density at radius 3 is 2.58 bits per heavy atom. The van der Waals surface area contributed by atoms with Crippen LogP contribution in [0.2, 0.25) is 0 Å². The molecule has 160 valence electrons. The molecule has 7 heteroatoms. The Bertz CT molecular complexity index is 1290. The van der Waals surface area contributed by atoms with Crippen LogP contribution in [-0.4, -0.2) is 38.7 Å². The summed E-state index contributed by atoms with van der Waals surface area (Å²) < 4.78 is 16.5. The summed E-state index contributed by atoms with van der Waals surface area (Å²) in [6.07, 6.45) is 3.56. The summed E-state index contributed by atoms with van der Waals surface area (Å²) >= 11 is 0. The van der Waals surface area contributed by atoms with Crippen LogP contribution in [0, 0.1) is 5.82 Å². The van der Waals surface area contributed by atoms with Gasteiger partial charge in [-0.25, -0.2) is 9.07 Å². The Labute approximate surface area is 179 Å². The van der Waals surface area contributed by atoms with Gasteiger partial charge in [-0.2, -0.15) is 5.10 Å². The molecule has 0 fully saturated rings. The van der Waals surface area contributed by atoms with Gasteiger partial charge >= 0.3 is 0 Å². The van der Waals surface area contributed by atoms with E-state index in [1.54, 1.807) is 30.3 Å². The molecule has 1 amide bonds. The molecular formula is C24H25FN4O2. The second-order valence-electron chi connectivity index (χ2n) is 7.77. The van der Waals surface area contributed by atoms with Crippen LogP contribution in [0.4, 0.5) is 4.39 Å². The molecule has 0 aliphatic carbocycles. The van der Waals surface area contributed by atoms with Crippen molar-refractivity contribution in [1.82, 2.24) is 19.2 Å². The lowest BCUT2D eigenvalue weighted by molar-refractivity contribution is -0.130. The van der Waals surface area contributed by atoms with E-state index in [0.717, 1.165) is 34.7 Å². The standard InChI is InChI=1S/C24H25FN4O2/c1-3-4-13-27(2)22(30)16-29-24(31)23-20(14-26-29)19-7-5-6-8-21(19)28(23)15-17-9-11-18(25)12-10-17/h5-12,14H,3-4,13,15-16H2,1-2H3. The summed E-state index contributed by atoms with van der Waals surface area (Å²) in [5.74, 6) is -0.452. The van der Waals surface area contributed by atoms with Crippen LogP contribution in [0.5, 0.6) is 0 Å². The van der Waals surface area contributed by atoms with Crippen molar-refractivity contribution in [2.24, 2.45) is 0 Å². The van der Waals surface area contributed by atoms with E-state index in [1.807, 2.05) is 28.8 Å². The van der Waals surface area contributed by atoms with Crippen LogP contribution in [0.25, 0.3) is 21.8 Å². The fraction of sp³-hybridized carbons (Fsp3) is 0.292. The highest BCUT2D eigenvalue weighted by Gasteiger charge is 2.18. The zero-order chi connectivity index (χ0) is 22.0. The first-order valence-electron chi connectivity index (χ1n) is 10.4. The zero-order valence-electron chi connectivity index (χ0n) is 17.7. The lowest BCUT2D eigenvalue weighted by atomic mass is 10.2. The molecule has 4 rings (SSSR count). The Hall–Kier alpha value is -3.48. The molecule has 0 aliphatic rings. The minimum atomic E-state index is -0.312. The van der Waals surface area contributed by atoms with Crippen molar-refractivity contribution in [3.05, 3.63) is 76.5 Å². The average molecular weight is 420 g/mol. The van der Waals surface area contributed by atoms with Crippen LogP contribution < -0.4 is 5.56 Å². The fourth-order valence-electron chi connectivity index (χ4n) is 3.81. The average Bonchev–Trinajstić information content (AvgIpc) is 3.09. The van der Waals surface area contributed by atoms with E-state index in [-0.39, 0.29) is 23.8 Å². The van der Waals surface area contributed by atoms with Crippen molar-refractivity contribution in [3.63, 3.8) is 0 Å². The van der Waals surface area contributed by atoms with Crippen molar-refractivity contribution >= 4 is 27.7 Å². The highest BCUT2D eigenvalue weighted by molar-refractivity contribution is 6.07. The predicted octanol–water partition coefficient (Wildman–Crippen LogP) is 3.80. The maximum absolute atomic E-state index is 13.4. The van der Waals surface area contributed by atoms with E-state index >= 15 is 0 Å². The number of aromatic nitrogens is 3. The van der Waals surface area contributed by atoms with Crippen LogP contribution in [0.1, 0.15) is 25.3 Å². The number of fused-ring (bicyclic) bond motifs is 3. The summed E-state index contributed by atoms with van der Waals surface area (Å²) in [7, 11) is 1.74. The molecule has 0 radical (unpaired) electrons. The summed E-state index contributed by atoms with van der Waals surface area (Å²) in [5, 5.41) is 5.95. The number of halogens is 1. The monoisotopic (exact) mass is 420 g/mol. The van der Waals surface area contributed by atoms with E-state index in [4.69, 9.17) is 0 Å². The van der Waals surface area contributed by atoms with Crippen molar-refractivity contribution in [1.29, 1.82) is 0 Å². The highest BCUT2D eigenvalue weighted by Crippen LogP contribution is 2.27. The van der Waals surface area contributed by atoms with E-state index in [0.29, 0.717) is 18.6 Å². The predicted molar refractivity (Wildman–Crippen MR) is 120 cm³/mol. The zero-order valence-corrected chi connectivity index (χ0v) is 17.7. The Morgan fingerprint density at radius 2 is 1.84 bits per heavy atom. The van der Waals surface area contributed by atoms with E-state index in [2.05, 4.69) is 12.0 Å². The number of benzene rings is 2. The summed E-state index contributed by atoms with van der Waals surface area (Å²) in [5.41, 5.74) is 1.95. The van der Waals surface area contributed by atoms with E-state index < -0.39 is 0 Å². The molecule has 0 saturated carbocycles. The van der Waals surface area contributed by atoms with E-state index in [9.17, 15) is 14.0 Å². The first kappa shape index (κ1) is 20.8. The summed E-state index contributed by atoms with van der Waals surface area (Å²) in [4.78, 5) is 27.6. The first-order chi connectivity index (χ1) is 15.0. The van der Waals surface area contributed by atoms with Crippen LogP contribution in [0.3, 0.4) is 0 Å². The van der Waals surface area contributed by atoms with Gasteiger partial charge in [0.1, 0.15) is 17.9 Å². The number of carbonyl (C=O) groups is 1. The van der Waals surface area contributed by atoms with Gasteiger partial charge in [0.2, 0.25) is 5.91 Å². The number of rotatable bonds is 7. The van der Waals surface area contributed by atoms with Crippen molar-refractivity contribution in [2.75, 3.05) is 13.6 Å². The van der Waals surface area contributed by atoms with Gasteiger partial charge in [0.15, 0.2) is 0 Å². The molecule has 6 nitrogen and oxygen atoms in total. The molecule has 0 atom stereocenters. The number of hydrogen-bond acceptors (Lipinski definition) is 3. The van der Waals surface area contributed by atoms with Gasteiger partial charge in [0.05, 0.1) is 6.20 Å². The molecule has 0 bridgehead atoms. The molecule has 0 saturated heterocycles. The normalized spacial score (nSPS) is 11.3. The number of unbranched alkanes of at least 4 members (excludes halogenated alkanes) is 1. The number of amides is 1. The smallest absolute Gasteiger partial charge is 0.291 e. The van der Waals surface area contributed by atoms with Gasteiger partial charge in [-0.1, -0.05) is 43.7 Å². The van der Waals surface area contributed by atoms with Crippen molar-refractivity contribution in [3.8, 4) is 0 Å². The first-order valence-corrected chi connectivity index (χ1v) is 10.4. The molecular weight excluding hydrogens is 395 g/mol. The molecule has 0 N–H and O–H groups in total. The molecule has 0 spiro atoms. The van der Waals surface area contributed by atoms with Gasteiger partial charge in [-0.15, -0.1) is 0 Å². The lowest BCUT2D eigenvalue weighted by Crippen LogP contribution is -2.35. The topological polar surface area (TPSA) is 60.1 Å². The maximum atomic E-state index is 13.4. The Kier molecular flexibility index (Phi) is 5.84. The lowest BCUT2D eigenvalue weighted by Gasteiger charge is -2.17. The number of hydrogen-bond donors (Lipinski definition) is 0. The molecule has 0 unspecified atom stereocenters. The quantitative estimate of drug-likeness (QED) is 0.457. The molecule has 2 heterocycles. The fourth-order valence-corrected chi connectivity index (χ4v) is 3.81. The third kappa shape index (κ3) is 4.08. The number of para-hydroxylation sites is 1. The molecule has 2 aromatic carbocycles. The maximum Gasteiger partial charge on any atom is 0.291 e. The van der Waals surface area contributed by atoms with Gasteiger partial charge < -0.3 is 9.47 Å². The molecule has 0 aliphatic heterocycles. The van der Waals surface area contributed by atoms with Crippen LogP contribution in [0.15, 0.2) is 59.5 Å². The number of carbonyl (C=O) groups excluding carboxylic acids is 1. The van der Waals surface area contributed by atoms with Gasteiger partial charge in [-0.05, 0) is 30.2 Å². The third-order valence-corrected chi connectivity index (χ3v) is 5.59. The molecule has 31 heavy (non-hydrogen) atoms. The second-order valence-corrected chi connectivity index (χ2v) is 7.77. The SMILES string of the molecule is CCCCN(C)C(=O)Cn1ncc2c3ccccc3n(Cc3ccc(F)cc3)c2c1=O. The highest BCUT2D eigenvalue weighted by atomic mass is 19.1. The van der Waals surface area contributed by atoms with Crippen LogP contribution in [-0.2, 0) is 17.9 Å². The Balaban J connectivity index is 1.79. The second kappa shape index (κ2) is 8.71.